The molecule has 21 heavy (non-hydrogen) atoms. The molecule has 1 aliphatic rings. The van der Waals surface area contributed by atoms with Crippen LogP contribution in [0.5, 0.6) is 0 Å². The first-order chi connectivity index (χ1) is 9.86. The van der Waals surface area contributed by atoms with Crippen LogP contribution >= 0.6 is 15.9 Å². The Kier molecular flexibility index (Phi) is 4.41. The summed E-state index contributed by atoms with van der Waals surface area (Å²) in [4.78, 5) is 34.4. The number of benzene rings is 1. The van der Waals surface area contributed by atoms with Crippen molar-refractivity contribution in [1.82, 2.24) is 4.90 Å². The molecule has 0 saturated carbocycles. The lowest BCUT2D eigenvalue weighted by Gasteiger charge is -2.16. The fourth-order valence-corrected chi connectivity index (χ4v) is 2.58. The van der Waals surface area contributed by atoms with Gasteiger partial charge in [-0.25, -0.2) is 4.79 Å². The lowest BCUT2D eigenvalue weighted by molar-refractivity contribution is -0.384. The van der Waals surface area contributed by atoms with Crippen LogP contribution in [0.4, 0.5) is 16.2 Å². The monoisotopic (exact) mass is 357 g/mol. The molecule has 1 unspecified atom stereocenters. The number of halogens is 1. The Balaban J connectivity index is 2.07. The van der Waals surface area contributed by atoms with Gasteiger partial charge in [0.15, 0.2) is 0 Å². The van der Waals surface area contributed by atoms with Gasteiger partial charge in [-0.1, -0.05) is 15.9 Å². The number of nitrogens with one attached hydrogen (secondary N) is 1. The van der Waals surface area contributed by atoms with Crippen molar-refractivity contribution < 1.29 is 19.6 Å². The van der Waals surface area contributed by atoms with Gasteiger partial charge >= 0.3 is 12.0 Å². The molecule has 0 bridgehead atoms. The van der Waals surface area contributed by atoms with Gasteiger partial charge in [0.25, 0.3) is 5.69 Å². The Morgan fingerprint density at radius 3 is 2.71 bits per heavy atom. The largest absolute Gasteiger partial charge is 0.481 e. The lowest BCUT2D eigenvalue weighted by Crippen LogP contribution is -2.33. The minimum atomic E-state index is -0.927. The predicted molar refractivity (Wildman–Crippen MR) is 77.1 cm³/mol. The van der Waals surface area contributed by atoms with Crippen LogP contribution in [0.15, 0.2) is 22.7 Å². The molecule has 2 N–H and O–H groups in total. The zero-order chi connectivity index (χ0) is 15.6. The predicted octanol–water partition coefficient (Wildman–Crippen LogP) is 2.30. The van der Waals surface area contributed by atoms with Crippen molar-refractivity contribution in [2.45, 2.75) is 6.42 Å². The van der Waals surface area contributed by atoms with E-state index in [-0.39, 0.29) is 17.9 Å². The summed E-state index contributed by atoms with van der Waals surface area (Å²) in [6, 6.07) is 3.64. The molecule has 1 aliphatic heterocycles. The van der Waals surface area contributed by atoms with E-state index in [1.165, 1.54) is 23.1 Å². The van der Waals surface area contributed by atoms with Gasteiger partial charge in [0.2, 0.25) is 0 Å². The number of carboxylic acid groups (broad SMARTS) is 1. The van der Waals surface area contributed by atoms with Crippen LogP contribution in [-0.2, 0) is 4.79 Å². The van der Waals surface area contributed by atoms with Crippen LogP contribution in [0.25, 0.3) is 0 Å². The van der Waals surface area contributed by atoms with Crippen molar-refractivity contribution in [2.24, 2.45) is 5.92 Å². The first-order valence-electron chi connectivity index (χ1n) is 6.10. The highest BCUT2D eigenvalue weighted by Gasteiger charge is 2.30. The van der Waals surface area contributed by atoms with E-state index < -0.39 is 22.8 Å². The SMILES string of the molecule is O=C(O)C1CCN(C(=O)Nc2cc(Br)cc([N+](=O)[O-])c2)C1. The lowest BCUT2D eigenvalue weighted by atomic mass is 10.1. The highest BCUT2D eigenvalue weighted by Crippen LogP contribution is 2.25. The number of likely N-dealkylation sites (tertiary alicyclic amines) is 1. The van der Waals surface area contributed by atoms with E-state index in [9.17, 15) is 19.7 Å². The van der Waals surface area contributed by atoms with Crippen molar-refractivity contribution in [1.29, 1.82) is 0 Å². The molecule has 1 aromatic carbocycles. The van der Waals surface area contributed by atoms with E-state index >= 15 is 0 Å². The minimum absolute atomic E-state index is 0.136. The second-order valence-corrected chi connectivity index (χ2v) is 5.57. The molecule has 1 aromatic rings. The smallest absolute Gasteiger partial charge is 0.321 e. The van der Waals surface area contributed by atoms with E-state index in [1.807, 2.05) is 0 Å². The van der Waals surface area contributed by atoms with Crippen molar-refractivity contribution in [2.75, 3.05) is 18.4 Å². The number of carbonyl (C=O) groups is 2. The summed E-state index contributed by atoms with van der Waals surface area (Å²) in [6.07, 6.45) is 0.404. The summed E-state index contributed by atoms with van der Waals surface area (Å²) < 4.78 is 0.469. The molecule has 2 amide bonds. The zero-order valence-electron chi connectivity index (χ0n) is 10.8. The van der Waals surface area contributed by atoms with Crippen LogP contribution in [0, 0.1) is 16.0 Å². The van der Waals surface area contributed by atoms with Crippen LogP contribution < -0.4 is 5.32 Å². The van der Waals surface area contributed by atoms with Gasteiger partial charge in [-0.05, 0) is 12.5 Å². The maximum Gasteiger partial charge on any atom is 0.321 e. The van der Waals surface area contributed by atoms with E-state index in [1.54, 1.807) is 0 Å². The summed E-state index contributed by atoms with van der Waals surface area (Å²) in [6.45, 7) is 0.482. The minimum Gasteiger partial charge on any atom is -0.481 e. The molecule has 0 aliphatic carbocycles. The summed E-state index contributed by atoms with van der Waals surface area (Å²) in [7, 11) is 0. The number of nitro benzene ring substituents is 1. The molecule has 112 valence electrons. The molecule has 1 saturated heterocycles. The molecule has 9 heteroatoms. The number of hydrogen-bond donors (Lipinski definition) is 2. The Morgan fingerprint density at radius 2 is 2.14 bits per heavy atom. The fourth-order valence-electron chi connectivity index (χ4n) is 2.10. The molecule has 2 rings (SSSR count). The second kappa shape index (κ2) is 6.08. The van der Waals surface area contributed by atoms with E-state index in [4.69, 9.17) is 5.11 Å². The molecule has 1 atom stereocenters. The van der Waals surface area contributed by atoms with Crippen molar-refractivity contribution >= 4 is 39.3 Å². The van der Waals surface area contributed by atoms with Crippen LogP contribution in [-0.4, -0.2) is 40.0 Å². The van der Waals surface area contributed by atoms with Crippen molar-refractivity contribution in [3.05, 3.63) is 32.8 Å². The number of hydrogen-bond acceptors (Lipinski definition) is 4. The number of urea groups is 1. The highest BCUT2D eigenvalue weighted by molar-refractivity contribution is 9.10. The molecule has 0 spiro atoms. The van der Waals surface area contributed by atoms with E-state index in [0.717, 1.165) is 0 Å². The van der Waals surface area contributed by atoms with Gasteiger partial charge in [-0.2, -0.15) is 0 Å². The summed E-state index contributed by atoms with van der Waals surface area (Å²) in [5.74, 6) is -1.49. The van der Waals surface area contributed by atoms with Crippen molar-refractivity contribution in [3.63, 3.8) is 0 Å². The third-order valence-corrected chi connectivity index (χ3v) is 3.63. The number of non-ortho nitro benzene ring substituents is 1. The topological polar surface area (TPSA) is 113 Å². The number of amides is 2. The summed E-state index contributed by atoms with van der Waals surface area (Å²) in [5, 5.41) is 22.2. The quantitative estimate of drug-likeness (QED) is 0.636. The third-order valence-electron chi connectivity index (χ3n) is 3.17. The second-order valence-electron chi connectivity index (χ2n) is 4.66. The Hall–Kier alpha value is -2.16. The van der Waals surface area contributed by atoms with Crippen LogP contribution in [0.3, 0.4) is 0 Å². The number of rotatable bonds is 3. The highest BCUT2D eigenvalue weighted by atomic mass is 79.9. The number of carbonyl (C=O) groups excluding carboxylic acids is 1. The Morgan fingerprint density at radius 1 is 1.43 bits per heavy atom. The van der Waals surface area contributed by atoms with Gasteiger partial charge in [-0.15, -0.1) is 0 Å². The van der Waals surface area contributed by atoms with Gasteiger partial charge in [0, 0.05) is 29.7 Å². The molecule has 0 aromatic heterocycles. The van der Waals surface area contributed by atoms with Crippen LogP contribution in [0.2, 0.25) is 0 Å². The number of carboxylic acids is 1. The first kappa shape index (κ1) is 15.2. The molecule has 0 radical (unpaired) electrons. The number of aliphatic carboxylic acids is 1. The Bertz CT molecular complexity index is 607. The average molecular weight is 358 g/mol. The first-order valence-corrected chi connectivity index (χ1v) is 6.90. The van der Waals surface area contributed by atoms with E-state index in [0.29, 0.717) is 17.4 Å². The molecule has 8 nitrogen and oxygen atoms in total. The van der Waals surface area contributed by atoms with Gasteiger partial charge < -0.3 is 15.3 Å². The Labute approximate surface area is 128 Å². The summed E-state index contributed by atoms with van der Waals surface area (Å²) >= 11 is 3.14. The molecule has 1 heterocycles. The van der Waals surface area contributed by atoms with Gasteiger partial charge in [0.05, 0.1) is 16.5 Å². The third kappa shape index (κ3) is 3.69. The van der Waals surface area contributed by atoms with Crippen molar-refractivity contribution in [3.8, 4) is 0 Å². The molecular formula is C12H12BrN3O5. The molecule has 1 fully saturated rings. The van der Waals surface area contributed by atoms with Gasteiger partial charge in [-0.3, -0.25) is 14.9 Å². The number of anilines is 1. The maximum absolute atomic E-state index is 12.0. The number of nitrogens with zero attached hydrogens (tertiary/aromatic N) is 2. The fraction of sp³-hybridized carbons (Fsp3) is 0.333. The maximum atomic E-state index is 12.0. The molecular weight excluding hydrogens is 346 g/mol. The summed E-state index contributed by atoms with van der Waals surface area (Å²) in [5.41, 5.74) is 0.129. The standard InChI is InChI=1S/C12H12BrN3O5/c13-8-3-9(5-10(4-8)16(20)21)14-12(19)15-2-1-7(6-15)11(17)18/h3-5,7H,1-2,6H2,(H,14,19)(H,17,18). The van der Waals surface area contributed by atoms with E-state index in [2.05, 4.69) is 21.2 Å². The zero-order valence-corrected chi connectivity index (χ0v) is 12.4. The number of nitro groups is 1. The van der Waals surface area contributed by atoms with Crippen LogP contribution in [0.1, 0.15) is 6.42 Å². The normalized spacial score (nSPS) is 17.6. The van der Waals surface area contributed by atoms with Gasteiger partial charge in [0.1, 0.15) is 0 Å². The average Bonchev–Trinajstić information content (AvgIpc) is 2.87.